The number of furan rings is 1. The highest BCUT2D eigenvalue weighted by atomic mass is 32.1. The van der Waals surface area contributed by atoms with Crippen molar-refractivity contribution in [2.24, 2.45) is 0 Å². The minimum absolute atomic E-state index is 0.612. The highest BCUT2D eigenvalue weighted by Gasteiger charge is 2.19. The predicted octanol–water partition coefficient (Wildman–Crippen LogP) is 12.0. The molecular formula is C43H25N3OS. The fraction of sp³-hybridized carbons (Fsp3) is 0. The number of rotatable bonds is 4. The standard InChI is InChI=1S/C43H25N3OS/c1-3-11-26(12-4-1)41-44-42(27-13-5-2-6-14-27)46-43(45-41)35-18-10-19-36-39(35)34-22-21-28(25-37(34)47-36)29-16-9-17-32-30(29)23-24-33-31-15-7-8-20-38(31)48-40(32)33/h1-25H. The first-order chi connectivity index (χ1) is 23.8. The fourth-order valence-electron chi connectivity index (χ4n) is 6.90. The maximum atomic E-state index is 6.56. The van der Waals surface area contributed by atoms with Gasteiger partial charge in [0.05, 0.1) is 0 Å². The maximum absolute atomic E-state index is 6.56. The molecule has 0 fully saturated rings. The second kappa shape index (κ2) is 10.7. The number of hydrogen-bond donors (Lipinski definition) is 0. The van der Waals surface area contributed by atoms with E-state index in [1.807, 2.05) is 84.1 Å². The second-order valence-corrected chi connectivity index (χ2v) is 13.0. The first kappa shape index (κ1) is 27.0. The van der Waals surface area contributed by atoms with Gasteiger partial charge in [-0.2, -0.15) is 0 Å². The lowest BCUT2D eigenvalue weighted by Gasteiger charge is -2.09. The van der Waals surface area contributed by atoms with E-state index in [2.05, 4.69) is 78.9 Å². The van der Waals surface area contributed by atoms with E-state index in [0.717, 1.165) is 44.2 Å². The molecule has 0 unspecified atom stereocenters. The molecule has 0 saturated heterocycles. The zero-order chi connectivity index (χ0) is 31.6. The van der Waals surface area contributed by atoms with Crippen LogP contribution in [0, 0.1) is 0 Å². The summed E-state index contributed by atoms with van der Waals surface area (Å²) < 4.78 is 9.20. The Morgan fingerprint density at radius 2 is 1.00 bits per heavy atom. The normalized spacial score (nSPS) is 11.8. The van der Waals surface area contributed by atoms with Crippen molar-refractivity contribution in [2.75, 3.05) is 0 Å². The molecule has 0 aliphatic carbocycles. The van der Waals surface area contributed by atoms with Gasteiger partial charge in [-0.05, 0) is 40.8 Å². The zero-order valence-electron chi connectivity index (χ0n) is 25.6. The summed E-state index contributed by atoms with van der Waals surface area (Å²) in [4.78, 5) is 14.9. The topological polar surface area (TPSA) is 51.8 Å². The van der Waals surface area contributed by atoms with E-state index in [9.17, 15) is 0 Å². The van der Waals surface area contributed by atoms with Gasteiger partial charge in [0.25, 0.3) is 0 Å². The Morgan fingerprint density at radius 3 is 1.79 bits per heavy atom. The molecule has 0 N–H and O–H groups in total. The summed E-state index contributed by atoms with van der Waals surface area (Å²) in [6.45, 7) is 0. The summed E-state index contributed by atoms with van der Waals surface area (Å²) in [6, 6.07) is 52.6. The van der Waals surface area contributed by atoms with E-state index in [-0.39, 0.29) is 0 Å². The SMILES string of the molecule is c1ccc(-c2nc(-c3ccccc3)nc(-c3cccc4oc5cc(-c6cccc7c6ccc6c8ccccc8sc76)ccc5c34)n2)cc1. The number of aromatic nitrogens is 3. The molecule has 10 aromatic rings. The Bertz CT molecular complexity index is 2780. The quantitative estimate of drug-likeness (QED) is 0.194. The van der Waals surface area contributed by atoms with Gasteiger partial charge in [0.1, 0.15) is 11.2 Å². The van der Waals surface area contributed by atoms with Crippen LogP contribution in [0.2, 0.25) is 0 Å². The fourth-order valence-corrected chi connectivity index (χ4v) is 8.13. The molecule has 0 aliphatic rings. The van der Waals surface area contributed by atoms with Crippen molar-refractivity contribution in [2.45, 2.75) is 0 Å². The van der Waals surface area contributed by atoms with Gasteiger partial charge in [0, 0.05) is 53.0 Å². The van der Waals surface area contributed by atoms with Crippen LogP contribution in [0.4, 0.5) is 0 Å². The molecule has 48 heavy (non-hydrogen) atoms. The highest BCUT2D eigenvalue weighted by molar-refractivity contribution is 7.26. The van der Waals surface area contributed by atoms with E-state index in [4.69, 9.17) is 19.4 Å². The first-order valence-electron chi connectivity index (χ1n) is 15.9. The molecule has 0 radical (unpaired) electrons. The van der Waals surface area contributed by atoms with Crippen LogP contribution < -0.4 is 0 Å². The van der Waals surface area contributed by atoms with Gasteiger partial charge in [0.2, 0.25) is 0 Å². The minimum atomic E-state index is 0.612. The van der Waals surface area contributed by atoms with Gasteiger partial charge >= 0.3 is 0 Å². The molecule has 5 heteroatoms. The Kier molecular flexibility index (Phi) is 6.01. The summed E-state index contributed by atoms with van der Waals surface area (Å²) >= 11 is 1.86. The van der Waals surface area contributed by atoms with Crippen LogP contribution in [-0.4, -0.2) is 15.0 Å². The van der Waals surface area contributed by atoms with Crippen molar-refractivity contribution in [1.29, 1.82) is 0 Å². The molecule has 0 bridgehead atoms. The zero-order valence-corrected chi connectivity index (χ0v) is 26.4. The van der Waals surface area contributed by atoms with E-state index in [1.165, 1.54) is 36.5 Å². The number of benzene rings is 7. The lowest BCUT2D eigenvalue weighted by atomic mass is 9.96. The Balaban J connectivity index is 1.15. The molecule has 0 amide bonds. The third-order valence-electron chi connectivity index (χ3n) is 9.15. The summed E-state index contributed by atoms with van der Waals surface area (Å²) in [7, 11) is 0. The molecule has 0 aliphatic heterocycles. The van der Waals surface area contributed by atoms with Crippen LogP contribution in [0.3, 0.4) is 0 Å². The van der Waals surface area contributed by atoms with Crippen molar-refractivity contribution >= 4 is 64.2 Å². The van der Waals surface area contributed by atoms with Crippen LogP contribution in [0.15, 0.2) is 156 Å². The van der Waals surface area contributed by atoms with Crippen molar-refractivity contribution in [3.63, 3.8) is 0 Å². The Labute approximate surface area is 279 Å². The van der Waals surface area contributed by atoms with Gasteiger partial charge in [-0.1, -0.05) is 127 Å². The molecular weight excluding hydrogens is 607 g/mol. The summed E-state index contributed by atoms with van der Waals surface area (Å²) in [5, 5.41) is 7.16. The van der Waals surface area contributed by atoms with Crippen LogP contribution in [0.5, 0.6) is 0 Å². The van der Waals surface area contributed by atoms with Gasteiger partial charge in [0.15, 0.2) is 17.5 Å². The maximum Gasteiger partial charge on any atom is 0.164 e. The van der Waals surface area contributed by atoms with Gasteiger partial charge in [-0.25, -0.2) is 15.0 Å². The molecule has 10 rings (SSSR count). The minimum Gasteiger partial charge on any atom is -0.456 e. The summed E-state index contributed by atoms with van der Waals surface area (Å²) in [5.74, 6) is 1.88. The number of thiophene rings is 1. The first-order valence-corrected chi connectivity index (χ1v) is 16.8. The lowest BCUT2D eigenvalue weighted by Crippen LogP contribution is -2.00. The van der Waals surface area contributed by atoms with E-state index >= 15 is 0 Å². The third kappa shape index (κ3) is 4.25. The molecule has 0 saturated carbocycles. The van der Waals surface area contributed by atoms with Crippen LogP contribution >= 0.6 is 11.3 Å². The molecule has 0 spiro atoms. The van der Waals surface area contributed by atoms with E-state index in [1.54, 1.807) is 0 Å². The van der Waals surface area contributed by atoms with Crippen LogP contribution in [0.1, 0.15) is 0 Å². The number of nitrogens with zero attached hydrogens (tertiary/aromatic N) is 3. The Morgan fingerprint density at radius 1 is 0.396 bits per heavy atom. The number of fused-ring (bicyclic) bond motifs is 8. The predicted molar refractivity (Wildman–Crippen MR) is 199 cm³/mol. The van der Waals surface area contributed by atoms with Crippen molar-refractivity contribution < 1.29 is 4.42 Å². The third-order valence-corrected chi connectivity index (χ3v) is 10.4. The van der Waals surface area contributed by atoms with Crippen molar-refractivity contribution in [3.05, 3.63) is 152 Å². The van der Waals surface area contributed by atoms with Crippen molar-refractivity contribution in [3.8, 4) is 45.3 Å². The summed E-state index contributed by atoms with van der Waals surface area (Å²) in [5.41, 5.74) is 6.72. The summed E-state index contributed by atoms with van der Waals surface area (Å²) in [6.07, 6.45) is 0. The monoisotopic (exact) mass is 631 g/mol. The molecule has 4 nitrogen and oxygen atoms in total. The molecule has 0 atom stereocenters. The van der Waals surface area contributed by atoms with Gasteiger partial charge < -0.3 is 4.42 Å². The number of hydrogen-bond acceptors (Lipinski definition) is 5. The van der Waals surface area contributed by atoms with Gasteiger partial charge in [-0.3, -0.25) is 0 Å². The average molecular weight is 632 g/mol. The van der Waals surface area contributed by atoms with Crippen LogP contribution in [0.25, 0.3) is 98.2 Å². The van der Waals surface area contributed by atoms with Crippen molar-refractivity contribution in [1.82, 2.24) is 15.0 Å². The average Bonchev–Trinajstić information content (AvgIpc) is 3.73. The second-order valence-electron chi connectivity index (χ2n) is 12.0. The highest BCUT2D eigenvalue weighted by Crippen LogP contribution is 2.42. The molecule has 3 heterocycles. The molecule has 224 valence electrons. The lowest BCUT2D eigenvalue weighted by molar-refractivity contribution is 0.669. The van der Waals surface area contributed by atoms with E-state index < -0.39 is 0 Å². The van der Waals surface area contributed by atoms with Gasteiger partial charge in [-0.15, -0.1) is 11.3 Å². The largest absolute Gasteiger partial charge is 0.456 e. The Hall–Kier alpha value is -6.17. The molecule has 7 aromatic carbocycles. The smallest absolute Gasteiger partial charge is 0.164 e. The molecule has 3 aromatic heterocycles. The van der Waals surface area contributed by atoms with Crippen LogP contribution in [-0.2, 0) is 0 Å². The van der Waals surface area contributed by atoms with E-state index in [0.29, 0.717) is 17.5 Å².